The molecule has 4 aromatic rings. The van der Waals surface area contributed by atoms with E-state index in [9.17, 15) is 0 Å². The summed E-state index contributed by atoms with van der Waals surface area (Å²) in [6.07, 6.45) is 0. The fourth-order valence-electron chi connectivity index (χ4n) is 3.88. The molecule has 28 heavy (non-hydrogen) atoms. The van der Waals surface area contributed by atoms with Crippen molar-refractivity contribution in [2.75, 3.05) is 0 Å². The number of hydrogen-bond acceptors (Lipinski definition) is 0. The molecule has 2 atom stereocenters. The Labute approximate surface area is 176 Å². The molecule has 0 unspecified atom stereocenters. The molecule has 138 valence electrons. The van der Waals surface area contributed by atoms with Gasteiger partial charge in [0.25, 0.3) is 0 Å². The van der Waals surface area contributed by atoms with E-state index in [0.29, 0.717) is 0 Å². The summed E-state index contributed by atoms with van der Waals surface area (Å²) in [6, 6.07) is 37.3. The van der Waals surface area contributed by atoms with Crippen molar-refractivity contribution < 1.29 is 0 Å². The first-order valence-corrected chi connectivity index (χ1v) is 10.1. The van der Waals surface area contributed by atoms with Gasteiger partial charge in [0, 0.05) is 21.9 Å². The third-order valence-corrected chi connectivity index (χ3v) is 5.82. The van der Waals surface area contributed by atoms with Crippen LogP contribution in [0.5, 0.6) is 0 Å². The highest BCUT2D eigenvalue weighted by Gasteiger charge is 2.30. The predicted octanol–water partition coefficient (Wildman–Crippen LogP) is 7.96. The zero-order valence-corrected chi connectivity index (χ0v) is 16.8. The van der Waals surface area contributed by atoms with Gasteiger partial charge < -0.3 is 0 Å². The SMILES string of the molecule is Clc1ccccc1[C@H](c1ccccc1)[C@@H](c1ccccc1)c1ccccc1Cl. The lowest BCUT2D eigenvalue weighted by atomic mass is 9.74. The van der Waals surface area contributed by atoms with Crippen LogP contribution in [-0.2, 0) is 0 Å². The van der Waals surface area contributed by atoms with E-state index in [1.54, 1.807) is 0 Å². The van der Waals surface area contributed by atoms with E-state index in [1.807, 2.05) is 48.5 Å². The summed E-state index contributed by atoms with van der Waals surface area (Å²) in [5.41, 5.74) is 4.63. The van der Waals surface area contributed by atoms with Gasteiger partial charge in [0.2, 0.25) is 0 Å². The molecule has 0 nitrogen and oxygen atoms in total. The molecule has 0 aliphatic rings. The number of rotatable bonds is 5. The largest absolute Gasteiger partial charge is 0.0840 e. The normalized spacial score (nSPS) is 13.1. The molecule has 0 heterocycles. The Hall–Kier alpha value is -2.54. The molecule has 0 fully saturated rings. The van der Waals surface area contributed by atoms with Crippen molar-refractivity contribution >= 4 is 23.2 Å². The minimum absolute atomic E-state index is 0.0391. The standard InChI is InChI=1S/C26H20Cl2/c27-23-17-9-7-15-21(23)25(19-11-3-1-4-12-19)26(20-13-5-2-6-14-20)22-16-8-10-18-24(22)28/h1-18,25-26H/t25-,26-/m0/s1. The van der Waals surface area contributed by atoms with E-state index in [2.05, 4.69) is 60.7 Å². The van der Waals surface area contributed by atoms with Crippen LogP contribution in [-0.4, -0.2) is 0 Å². The number of halogens is 2. The number of benzene rings is 4. The zero-order valence-electron chi connectivity index (χ0n) is 15.3. The highest BCUT2D eigenvalue weighted by Crippen LogP contribution is 2.46. The van der Waals surface area contributed by atoms with Gasteiger partial charge in [-0.05, 0) is 34.4 Å². The van der Waals surface area contributed by atoms with Crippen molar-refractivity contribution in [2.45, 2.75) is 11.8 Å². The summed E-state index contributed by atoms with van der Waals surface area (Å²) in [6.45, 7) is 0. The van der Waals surface area contributed by atoms with Crippen molar-refractivity contribution in [2.24, 2.45) is 0 Å². The van der Waals surface area contributed by atoms with Crippen LogP contribution >= 0.6 is 23.2 Å². The second-order valence-corrected chi connectivity index (χ2v) is 7.63. The van der Waals surface area contributed by atoms with Crippen molar-refractivity contribution in [3.05, 3.63) is 141 Å². The summed E-state index contributed by atoms with van der Waals surface area (Å²) < 4.78 is 0. The first kappa shape index (κ1) is 18.8. The molecule has 0 saturated heterocycles. The van der Waals surface area contributed by atoms with Crippen LogP contribution < -0.4 is 0 Å². The molecule has 0 radical (unpaired) electrons. The molecule has 0 bridgehead atoms. The van der Waals surface area contributed by atoms with Gasteiger partial charge >= 0.3 is 0 Å². The molecule has 4 rings (SSSR count). The highest BCUT2D eigenvalue weighted by molar-refractivity contribution is 6.32. The molecule has 4 aromatic carbocycles. The molecule has 0 aliphatic heterocycles. The second kappa shape index (κ2) is 8.65. The van der Waals surface area contributed by atoms with Gasteiger partial charge in [-0.2, -0.15) is 0 Å². The molecular weight excluding hydrogens is 383 g/mol. The molecular formula is C26H20Cl2. The second-order valence-electron chi connectivity index (χ2n) is 6.82. The van der Waals surface area contributed by atoms with E-state index in [4.69, 9.17) is 23.2 Å². The number of hydrogen-bond donors (Lipinski definition) is 0. The first-order chi connectivity index (χ1) is 13.8. The van der Waals surface area contributed by atoms with Crippen molar-refractivity contribution in [3.63, 3.8) is 0 Å². The Kier molecular flexibility index (Phi) is 5.81. The molecule has 0 saturated carbocycles. The smallest absolute Gasteiger partial charge is 0.0444 e. The van der Waals surface area contributed by atoms with Crippen LogP contribution in [0, 0.1) is 0 Å². The van der Waals surface area contributed by atoms with Crippen LogP contribution in [0.15, 0.2) is 109 Å². The summed E-state index contributed by atoms with van der Waals surface area (Å²) in [4.78, 5) is 0. The molecule has 0 N–H and O–H groups in total. The van der Waals surface area contributed by atoms with Crippen LogP contribution in [0.25, 0.3) is 0 Å². The fourth-order valence-corrected chi connectivity index (χ4v) is 4.39. The van der Waals surface area contributed by atoms with Gasteiger partial charge in [-0.1, -0.05) is 120 Å². The summed E-state index contributed by atoms with van der Waals surface area (Å²) in [5, 5.41) is 1.54. The van der Waals surface area contributed by atoms with Gasteiger partial charge in [-0.3, -0.25) is 0 Å². The van der Waals surface area contributed by atoms with E-state index in [-0.39, 0.29) is 11.8 Å². The van der Waals surface area contributed by atoms with Crippen LogP contribution in [0.3, 0.4) is 0 Å². The van der Waals surface area contributed by atoms with E-state index in [0.717, 1.165) is 21.2 Å². The van der Waals surface area contributed by atoms with Gasteiger partial charge in [-0.25, -0.2) is 0 Å². The summed E-state index contributed by atoms with van der Waals surface area (Å²) in [7, 11) is 0. The molecule has 2 heteroatoms. The Morgan fingerprint density at radius 2 is 0.714 bits per heavy atom. The summed E-state index contributed by atoms with van der Waals surface area (Å²) in [5.74, 6) is 0.0781. The Bertz CT molecular complexity index is 955. The van der Waals surface area contributed by atoms with E-state index < -0.39 is 0 Å². The average Bonchev–Trinajstić information content (AvgIpc) is 2.75. The fraction of sp³-hybridized carbons (Fsp3) is 0.0769. The summed E-state index contributed by atoms with van der Waals surface area (Å²) >= 11 is 13.4. The molecule has 0 amide bonds. The monoisotopic (exact) mass is 402 g/mol. The van der Waals surface area contributed by atoms with Gasteiger partial charge in [0.15, 0.2) is 0 Å². The minimum atomic E-state index is 0.0391. The maximum absolute atomic E-state index is 6.69. The molecule has 0 aliphatic carbocycles. The van der Waals surface area contributed by atoms with Crippen LogP contribution in [0.4, 0.5) is 0 Å². The van der Waals surface area contributed by atoms with Crippen LogP contribution in [0.2, 0.25) is 10.0 Å². The Morgan fingerprint density at radius 1 is 0.393 bits per heavy atom. The lowest BCUT2D eigenvalue weighted by molar-refractivity contribution is 0.694. The van der Waals surface area contributed by atoms with Gasteiger partial charge in [0.1, 0.15) is 0 Å². The molecule has 0 spiro atoms. The topological polar surface area (TPSA) is 0 Å². The molecule has 0 aromatic heterocycles. The maximum atomic E-state index is 6.69. The Balaban J connectivity index is 1.99. The maximum Gasteiger partial charge on any atom is 0.0444 e. The van der Waals surface area contributed by atoms with Gasteiger partial charge in [0.05, 0.1) is 0 Å². The minimum Gasteiger partial charge on any atom is -0.0840 e. The predicted molar refractivity (Wildman–Crippen MR) is 119 cm³/mol. The Morgan fingerprint density at radius 3 is 1.07 bits per heavy atom. The third kappa shape index (κ3) is 3.85. The third-order valence-electron chi connectivity index (χ3n) is 5.13. The van der Waals surface area contributed by atoms with E-state index in [1.165, 1.54) is 11.1 Å². The first-order valence-electron chi connectivity index (χ1n) is 9.34. The quantitative estimate of drug-likeness (QED) is 0.317. The lowest BCUT2D eigenvalue weighted by Crippen LogP contribution is -2.15. The van der Waals surface area contributed by atoms with Crippen molar-refractivity contribution in [1.82, 2.24) is 0 Å². The van der Waals surface area contributed by atoms with Crippen molar-refractivity contribution in [3.8, 4) is 0 Å². The highest BCUT2D eigenvalue weighted by atomic mass is 35.5. The van der Waals surface area contributed by atoms with Crippen LogP contribution in [0.1, 0.15) is 34.1 Å². The van der Waals surface area contributed by atoms with E-state index >= 15 is 0 Å². The lowest BCUT2D eigenvalue weighted by Gasteiger charge is -2.30. The average molecular weight is 403 g/mol. The zero-order chi connectivity index (χ0) is 19.3. The van der Waals surface area contributed by atoms with Crippen molar-refractivity contribution in [1.29, 1.82) is 0 Å². The van der Waals surface area contributed by atoms with Gasteiger partial charge in [-0.15, -0.1) is 0 Å².